The zero-order valence-corrected chi connectivity index (χ0v) is 16.3. The maximum atomic E-state index is 13.3. The standard InChI is InChI=1S/C19H19BrClF3N2/c20-15-5-2-13(3-6-15)18(26-10-1-8-25-9-11-26)14-4-7-17(21)16(12-14)19(22,23)24/h2-7,12,18,25H,1,8-11H2. The van der Waals surface area contributed by atoms with Crippen molar-refractivity contribution in [1.29, 1.82) is 0 Å². The van der Waals surface area contributed by atoms with Gasteiger partial charge in [0, 0.05) is 24.1 Å². The molecule has 0 aromatic heterocycles. The van der Waals surface area contributed by atoms with Crippen molar-refractivity contribution in [1.82, 2.24) is 10.2 Å². The quantitative estimate of drug-likeness (QED) is 0.668. The monoisotopic (exact) mass is 446 g/mol. The Morgan fingerprint density at radius 1 is 1.00 bits per heavy atom. The van der Waals surface area contributed by atoms with Crippen LogP contribution >= 0.6 is 27.5 Å². The van der Waals surface area contributed by atoms with Gasteiger partial charge in [0.2, 0.25) is 0 Å². The highest BCUT2D eigenvalue weighted by Crippen LogP contribution is 2.38. The molecule has 1 N–H and O–H groups in total. The van der Waals surface area contributed by atoms with Crippen LogP contribution in [0.3, 0.4) is 0 Å². The van der Waals surface area contributed by atoms with Gasteiger partial charge in [-0.05, 0) is 48.4 Å². The summed E-state index contributed by atoms with van der Waals surface area (Å²) in [6.45, 7) is 3.31. The van der Waals surface area contributed by atoms with Crippen molar-refractivity contribution in [3.8, 4) is 0 Å². The van der Waals surface area contributed by atoms with Gasteiger partial charge in [-0.15, -0.1) is 0 Å². The summed E-state index contributed by atoms with van der Waals surface area (Å²) in [5.41, 5.74) is 0.781. The first kappa shape index (κ1) is 19.7. The highest BCUT2D eigenvalue weighted by molar-refractivity contribution is 9.10. The Morgan fingerprint density at radius 3 is 2.38 bits per heavy atom. The predicted octanol–water partition coefficient (Wildman–Crippen LogP) is 5.51. The summed E-state index contributed by atoms with van der Waals surface area (Å²) in [5.74, 6) is 0. The average Bonchev–Trinajstić information content (AvgIpc) is 2.86. The number of hydrogen-bond donors (Lipinski definition) is 1. The summed E-state index contributed by atoms with van der Waals surface area (Å²) >= 11 is 9.23. The second kappa shape index (κ2) is 8.30. The van der Waals surface area contributed by atoms with Crippen molar-refractivity contribution in [2.75, 3.05) is 26.2 Å². The molecule has 1 fully saturated rings. The minimum Gasteiger partial charge on any atom is -0.315 e. The van der Waals surface area contributed by atoms with Crippen molar-refractivity contribution in [2.45, 2.75) is 18.6 Å². The van der Waals surface area contributed by atoms with E-state index in [0.29, 0.717) is 5.56 Å². The molecule has 140 valence electrons. The molecule has 2 aromatic carbocycles. The zero-order chi connectivity index (χ0) is 18.7. The third kappa shape index (κ3) is 4.60. The van der Waals surface area contributed by atoms with Crippen molar-refractivity contribution in [2.24, 2.45) is 0 Å². The summed E-state index contributed by atoms with van der Waals surface area (Å²) in [6.07, 6.45) is -3.52. The smallest absolute Gasteiger partial charge is 0.315 e. The van der Waals surface area contributed by atoms with Crippen molar-refractivity contribution in [3.05, 3.63) is 68.7 Å². The molecule has 0 saturated carbocycles. The van der Waals surface area contributed by atoms with Gasteiger partial charge < -0.3 is 5.32 Å². The molecule has 3 rings (SSSR count). The second-order valence-corrected chi connectivity index (χ2v) is 7.65. The van der Waals surface area contributed by atoms with E-state index in [0.717, 1.165) is 42.6 Å². The van der Waals surface area contributed by atoms with Crippen molar-refractivity contribution < 1.29 is 13.2 Å². The molecule has 1 aliphatic heterocycles. The lowest BCUT2D eigenvalue weighted by Gasteiger charge is -2.32. The number of nitrogens with zero attached hydrogens (tertiary/aromatic N) is 1. The first-order valence-corrected chi connectivity index (χ1v) is 9.60. The number of benzene rings is 2. The molecule has 1 saturated heterocycles. The van der Waals surface area contributed by atoms with E-state index in [1.165, 1.54) is 12.1 Å². The first-order valence-electron chi connectivity index (χ1n) is 8.43. The van der Waals surface area contributed by atoms with Crippen LogP contribution in [0.4, 0.5) is 13.2 Å². The molecule has 0 radical (unpaired) electrons. The number of nitrogens with one attached hydrogen (secondary N) is 1. The van der Waals surface area contributed by atoms with E-state index in [9.17, 15) is 13.2 Å². The number of alkyl halides is 3. The van der Waals surface area contributed by atoms with Crippen LogP contribution in [0, 0.1) is 0 Å². The number of halogens is 5. The van der Waals surface area contributed by atoms with E-state index >= 15 is 0 Å². The van der Waals surface area contributed by atoms with Crippen LogP contribution in [0.1, 0.15) is 29.2 Å². The van der Waals surface area contributed by atoms with Crippen LogP contribution in [-0.4, -0.2) is 31.1 Å². The lowest BCUT2D eigenvalue weighted by molar-refractivity contribution is -0.137. The van der Waals surface area contributed by atoms with Crippen LogP contribution in [-0.2, 0) is 6.18 Å². The van der Waals surface area contributed by atoms with Crippen molar-refractivity contribution in [3.63, 3.8) is 0 Å². The fourth-order valence-corrected chi connectivity index (χ4v) is 3.80. The number of hydrogen-bond acceptors (Lipinski definition) is 2. The van der Waals surface area contributed by atoms with Crippen LogP contribution in [0.2, 0.25) is 5.02 Å². The van der Waals surface area contributed by atoms with E-state index in [4.69, 9.17) is 11.6 Å². The van der Waals surface area contributed by atoms with Gasteiger partial charge in [-0.3, -0.25) is 4.90 Å². The molecule has 7 heteroatoms. The van der Waals surface area contributed by atoms with Crippen molar-refractivity contribution >= 4 is 27.5 Å². The maximum absolute atomic E-state index is 13.3. The lowest BCUT2D eigenvalue weighted by atomic mass is 9.95. The SMILES string of the molecule is FC(F)(F)c1cc(C(c2ccc(Br)cc2)N2CCCNCC2)ccc1Cl. The highest BCUT2D eigenvalue weighted by atomic mass is 79.9. The third-order valence-corrected chi connectivity index (χ3v) is 5.40. The van der Waals surface area contributed by atoms with Crippen LogP contribution < -0.4 is 5.32 Å². The Bertz CT molecular complexity index is 741. The minimum atomic E-state index is -4.47. The molecule has 1 unspecified atom stereocenters. The maximum Gasteiger partial charge on any atom is 0.417 e. The van der Waals surface area contributed by atoms with Gasteiger partial charge in [0.05, 0.1) is 16.6 Å². The predicted molar refractivity (Wildman–Crippen MR) is 101 cm³/mol. The van der Waals surface area contributed by atoms with E-state index < -0.39 is 11.7 Å². The summed E-state index contributed by atoms with van der Waals surface area (Å²) < 4.78 is 41.0. The summed E-state index contributed by atoms with van der Waals surface area (Å²) in [4.78, 5) is 2.23. The molecule has 1 atom stereocenters. The van der Waals surface area contributed by atoms with Gasteiger partial charge >= 0.3 is 6.18 Å². The average molecular weight is 448 g/mol. The van der Waals surface area contributed by atoms with Gasteiger partial charge in [0.1, 0.15) is 0 Å². The van der Waals surface area contributed by atoms with E-state index in [1.54, 1.807) is 6.07 Å². The molecule has 1 aliphatic rings. The zero-order valence-electron chi connectivity index (χ0n) is 14.0. The highest BCUT2D eigenvalue weighted by Gasteiger charge is 2.34. The molecule has 0 bridgehead atoms. The van der Waals surface area contributed by atoms with E-state index in [2.05, 4.69) is 26.1 Å². The Morgan fingerprint density at radius 2 is 1.69 bits per heavy atom. The molecule has 1 heterocycles. The Kier molecular flexibility index (Phi) is 6.28. The molecule has 0 spiro atoms. The topological polar surface area (TPSA) is 15.3 Å². The lowest BCUT2D eigenvalue weighted by Crippen LogP contribution is -2.33. The summed E-state index contributed by atoms with van der Waals surface area (Å²) in [5, 5.41) is 3.07. The van der Waals surface area contributed by atoms with E-state index in [1.807, 2.05) is 24.3 Å². The van der Waals surface area contributed by atoms with Gasteiger partial charge in [-0.25, -0.2) is 0 Å². The van der Waals surface area contributed by atoms with Gasteiger partial charge in [-0.2, -0.15) is 13.2 Å². The Labute approximate surface area is 164 Å². The fraction of sp³-hybridized carbons (Fsp3) is 0.368. The Hall–Kier alpha value is -1.08. The van der Waals surface area contributed by atoms with Gasteiger partial charge in [-0.1, -0.05) is 45.7 Å². The minimum absolute atomic E-state index is 0.249. The fourth-order valence-electron chi connectivity index (χ4n) is 3.31. The first-order chi connectivity index (χ1) is 12.4. The molecule has 2 nitrogen and oxygen atoms in total. The normalized spacial score (nSPS) is 17.7. The van der Waals surface area contributed by atoms with Gasteiger partial charge in [0.25, 0.3) is 0 Å². The van der Waals surface area contributed by atoms with Crippen LogP contribution in [0.25, 0.3) is 0 Å². The summed E-state index contributed by atoms with van der Waals surface area (Å²) in [7, 11) is 0. The molecule has 0 amide bonds. The second-order valence-electron chi connectivity index (χ2n) is 6.33. The van der Waals surface area contributed by atoms with Gasteiger partial charge in [0.15, 0.2) is 0 Å². The summed E-state index contributed by atoms with van der Waals surface area (Å²) in [6, 6.07) is 11.7. The molecule has 26 heavy (non-hydrogen) atoms. The largest absolute Gasteiger partial charge is 0.417 e. The van der Waals surface area contributed by atoms with Crippen LogP contribution in [0.15, 0.2) is 46.9 Å². The molecule has 2 aromatic rings. The third-order valence-electron chi connectivity index (χ3n) is 4.54. The molecule has 0 aliphatic carbocycles. The molecular formula is C19H19BrClF3N2. The van der Waals surface area contributed by atoms with E-state index in [-0.39, 0.29) is 11.1 Å². The van der Waals surface area contributed by atoms with Crippen LogP contribution in [0.5, 0.6) is 0 Å². The molecular weight excluding hydrogens is 429 g/mol. The Balaban J connectivity index is 2.06. The number of rotatable bonds is 3.